The summed E-state index contributed by atoms with van der Waals surface area (Å²) >= 11 is 0. The summed E-state index contributed by atoms with van der Waals surface area (Å²) < 4.78 is 15.9. The molecule has 0 spiro atoms. The van der Waals surface area contributed by atoms with Crippen molar-refractivity contribution in [1.82, 2.24) is 14.8 Å². The van der Waals surface area contributed by atoms with E-state index in [9.17, 15) is 18.8 Å². The first kappa shape index (κ1) is 18.2. The number of halogens is 1. The highest BCUT2D eigenvalue weighted by Crippen LogP contribution is 2.26. The van der Waals surface area contributed by atoms with Gasteiger partial charge < -0.3 is 15.5 Å². The summed E-state index contributed by atoms with van der Waals surface area (Å²) in [4.78, 5) is 40.4. The summed E-state index contributed by atoms with van der Waals surface area (Å²) in [5, 5.41) is 2.11. The molecule has 0 bridgehead atoms. The van der Waals surface area contributed by atoms with Gasteiger partial charge in [0.05, 0.1) is 22.5 Å². The number of nitrogens with one attached hydrogen (secondary N) is 1. The number of piperazine rings is 1. The molecule has 1 fully saturated rings. The Morgan fingerprint density at radius 2 is 1.79 bits per heavy atom. The molecular formula is C19H20FN5O3. The number of fused-ring (bicyclic) bond motifs is 1. The van der Waals surface area contributed by atoms with Gasteiger partial charge >= 0.3 is 0 Å². The van der Waals surface area contributed by atoms with Crippen molar-refractivity contribution in [2.24, 2.45) is 0 Å². The lowest BCUT2D eigenvalue weighted by Gasteiger charge is -2.35. The minimum atomic E-state index is -0.669. The molecule has 0 atom stereocenters. The smallest absolute Gasteiger partial charge is 0.262 e. The second-order valence-electron chi connectivity index (χ2n) is 6.83. The number of carbonyl (C=O) groups is 2. The maximum Gasteiger partial charge on any atom is 0.262 e. The summed E-state index contributed by atoms with van der Waals surface area (Å²) in [7, 11) is 0. The number of likely N-dealkylation sites (N-methyl/N-ethyl adjacent to an activating group) is 1. The molecule has 3 N–H and O–H groups in total. The number of amides is 2. The van der Waals surface area contributed by atoms with Crippen LogP contribution in [0.25, 0.3) is 5.69 Å². The van der Waals surface area contributed by atoms with Gasteiger partial charge in [0.1, 0.15) is 11.6 Å². The number of carbonyl (C=O) groups excluding carboxylic acids is 2. The van der Waals surface area contributed by atoms with E-state index in [-0.39, 0.29) is 22.6 Å². The molecule has 4 rings (SSSR count). The number of anilines is 2. The van der Waals surface area contributed by atoms with Crippen molar-refractivity contribution in [2.75, 3.05) is 43.4 Å². The van der Waals surface area contributed by atoms with Gasteiger partial charge in [-0.2, -0.15) is 0 Å². The Balaban J connectivity index is 1.71. The van der Waals surface area contributed by atoms with Gasteiger partial charge in [0.15, 0.2) is 0 Å². The van der Waals surface area contributed by atoms with Crippen LogP contribution in [0.4, 0.5) is 15.9 Å². The molecule has 2 amide bonds. The maximum absolute atomic E-state index is 14.8. The van der Waals surface area contributed by atoms with Gasteiger partial charge in [-0.1, -0.05) is 6.92 Å². The number of pyridine rings is 1. The van der Waals surface area contributed by atoms with Crippen LogP contribution in [0.15, 0.2) is 29.1 Å². The first-order chi connectivity index (χ1) is 13.4. The van der Waals surface area contributed by atoms with Gasteiger partial charge in [-0.3, -0.25) is 24.3 Å². The quantitative estimate of drug-likeness (QED) is 0.750. The van der Waals surface area contributed by atoms with E-state index >= 15 is 0 Å². The lowest BCUT2D eigenvalue weighted by Crippen LogP contribution is -2.46. The highest BCUT2D eigenvalue weighted by molar-refractivity contribution is 6.23. The third-order valence-electron chi connectivity index (χ3n) is 5.30. The van der Waals surface area contributed by atoms with Crippen LogP contribution in [-0.2, 0) is 0 Å². The lowest BCUT2D eigenvalue weighted by molar-refractivity contribution is 0.0880. The van der Waals surface area contributed by atoms with E-state index in [0.29, 0.717) is 18.8 Å². The average molecular weight is 385 g/mol. The summed E-state index contributed by atoms with van der Waals surface area (Å²) in [6.45, 7) is 6.21. The molecule has 0 saturated carbocycles. The minimum Gasteiger partial charge on any atom is -0.384 e. The Morgan fingerprint density at radius 3 is 2.43 bits per heavy atom. The zero-order valence-corrected chi connectivity index (χ0v) is 15.4. The second-order valence-corrected chi connectivity index (χ2v) is 6.83. The molecule has 3 heterocycles. The SMILES string of the molecule is CCN1CCN(c2ccc(-n3c(N)c4c(cc3=O)C(=O)NC4=O)cc2F)CC1. The topological polar surface area (TPSA) is 101 Å². The molecular weight excluding hydrogens is 365 g/mol. The number of benzene rings is 1. The molecule has 146 valence electrons. The number of nitrogens with zero attached hydrogens (tertiary/aromatic N) is 3. The van der Waals surface area contributed by atoms with E-state index in [4.69, 9.17) is 5.73 Å². The number of nitrogens with two attached hydrogens (primary N) is 1. The van der Waals surface area contributed by atoms with Gasteiger partial charge in [0.25, 0.3) is 17.4 Å². The van der Waals surface area contributed by atoms with E-state index < -0.39 is 23.2 Å². The van der Waals surface area contributed by atoms with Gasteiger partial charge in [-0.15, -0.1) is 0 Å². The molecule has 1 saturated heterocycles. The van der Waals surface area contributed by atoms with Crippen LogP contribution in [0, 0.1) is 5.82 Å². The van der Waals surface area contributed by atoms with Gasteiger partial charge in [-0.05, 0) is 18.7 Å². The zero-order chi connectivity index (χ0) is 20.0. The predicted molar refractivity (Wildman–Crippen MR) is 103 cm³/mol. The van der Waals surface area contributed by atoms with E-state index in [2.05, 4.69) is 17.1 Å². The summed E-state index contributed by atoms with van der Waals surface area (Å²) in [5.41, 5.74) is 5.92. The number of imide groups is 1. The molecule has 2 aliphatic heterocycles. The van der Waals surface area contributed by atoms with E-state index in [1.807, 2.05) is 4.90 Å². The van der Waals surface area contributed by atoms with E-state index in [1.165, 1.54) is 6.07 Å². The Hall–Kier alpha value is -3.20. The predicted octanol–water partition coefficient (Wildman–Crippen LogP) is 0.584. The van der Waals surface area contributed by atoms with Crippen LogP contribution in [-0.4, -0.2) is 54.0 Å². The molecule has 1 aromatic heterocycles. The fourth-order valence-electron chi connectivity index (χ4n) is 3.74. The van der Waals surface area contributed by atoms with Crippen LogP contribution >= 0.6 is 0 Å². The number of hydrogen-bond donors (Lipinski definition) is 2. The van der Waals surface area contributed by atoms with Crippen LogP contribution in [0.3, 0.4) is 0 Å². The van der Waals surface area contributed by atoms with Crippen LogP contribution in [0.2, 0.25) is 0 Å². The molecule has 9 heteroatoms. The fourth-order valence-corrected chi connectivity index (χ4v) is 3.74. The van der Waals surface area contributed by atoms with Crippen molar-refractivity contribution >= 4 is 23.3 Å². The Morgan fingerprint density at radius 1 is 1.07 bits per heavy atom. The summed E-state index contributed by atoms with van der Waals surface area (Å²) in [5.74, 6) is -2.00. The van der Waals surface area contributed by atoms with Crippen molar-refractivity contribution in [1.29, 1.82) is 0 Å². The van der Waals surface area contributed by atoms with Crippen molar-refractivity contribution in [3.05, 3.63) is 51.6 Å². The number of aromatic nitrogens is 1. The third kappa shape index (κ3) is 2.84. The maximum atomic E-state index is 14.8. The minimum absolute atomic E-state index is 0.0605. The van der Waals surface area contributed by atoms with E-state index in [1.54, 1.807) is 12.1 Å². The standard InChI is InChI=1S/C19H20FN5O3/c1-2-23-5-7-24(8-6-23)14-4-3-11(9-13(14)20)25-15(26)10-12-16(17(25)21)19(28)22-18(12)27/h3-4,9-10H,2,5-8,21H2,1H3,(H,22,27,28). The number of rotatable bonds is 3. The van der Waals surface area contributed by atoms with Crippen molar-refractivity contribution in [3.8, 4) is 5.69 Å². The highest BCUT2D eigenvalue weighted by Gasteiger charge is 2.32. The summed E-state index contributed by atoms with van der Waals surface area (Å²) in [6.07, 6.45) is 0. The first-order valence-corrected chi connectivity index (χ1v) is 9.09. The highest BCUT2D eigenvalue weighted by atomic mass is 19.1. The van der Waals surface area contributed by atoms with Crippen molar-refractivity contribution in [2.45, 2.75) is 6.92 Å². The molecule has 28 heavy (non-hydrogen) atoms. The van der Waals surface area contributed by atoms with Crippen LogP contribution in [0.1, 0.15) is 27.6 Å². The van der Waals surface area contributed by atoms with Gasteiger partial charge in [-0.25, -0.2) is 4.39 Å². The lowest BCUT2D eigenvalue weighted by atomic mass is 10.1. The Bertz CT molecular complexity index is 1040. The fraction of sp³-hybridized carbons (Fsp3) is 0.316. The number of hydrogen-bond acceptors (Lipinski definition) is 6. The van der Waals surface area contributed by atoms with Crippen molar-refractivity contribution < 1.29 is 14.0 Å². The largest absolute Gasteiger partial charge is 0.384 e. The molecule has 2 aromatic rings. The van der Waals surface area contributed by atoms with Crippen molar-refractivity contribution in [3.63, 3.8) is 0 Å². The molecule has 2 aliphatic rings. The Labute approximate surface area is 160 Å². The third-order valence-corrected chi connectivity index (χ3v) is 5.30. The molecule has 8 nitrogen and oxygen atoms in total. The Kier molecular flexibility index (Phi) is 4.38. The number of nitrogen functional groups attached to an aromatic ring is 1. The molecule has 0 unspecified atom stereocenters. The molecule has 0 radical (unpaired) electrons. The monoisotopic (exact) mass is 385 g/mol. The molecule has 0 aliphatic carbocycles. The first-order valence-electron chi connectivity index (χ1n) is 9.09. The van der Waals surface area contributed by atoms with Crippen LogP contribution in [0.5, 0.6) is 0 Å². The normalized spacial score (nSPS) is 17.0. The van der Waals surface area contributed by atoms with Gasteiger partial charge in [0, 0.05) is 38.3 Å². The second kappa shape index (κ2) is 6.75. The average Bonchev–Trinajstić information content (AvgIpc) is 2.95. The van der Waals surface area contributed by atoms with Gasteiger partial charge in [0.2, 0.25) is 0 Å². The van der Waals surface area contributed by atoms with Crippen LogP contribution < -0.4 is 21.5 Å². The molecule has 1 aromatic carbocycles. The van der Waals surface area contributed by atoms with E-state index in [0.717, 1.165) is 30.3 Å². The summed E-state index contributed by atoms with van der Waals surface area (Å²) in [6, 6.07) is 5.46. The zero-order valence-electron chi connectivity index (χ0n) is 15.4.